The molecule has 0 radical (unpaired) electrons. The molecule has 0 spiro atoms. The molecular formula is C17H22N2O2. The molecule has 4 heteroatoms. The number of β-amino-alcohol motifs (C(OH)–C–C–N with tert-alkyl or cyclic N) is 1. The zero-order valence-electron chi connectivity index (χ0n) is 12.6. The molecule has 2 unspecified atom stereocenters. The van der Waals surface area contributed by atoms with Crippen molar-refractivity contribution in [1.82, 2.24) is 4.90 Å². The van der Waals surface area contributed by atoms with E-state index in [9.17, 15) is 9.90 Å². The number of benzene rings is 1. The number of likely N-dealkylation sites (tertiary alicyclic amines) is 1. The molecule has 1 aromatic rings. The molecule has 0 bridgehead atoms. The number of aliphatic hydroxyl groups is 1. The first-order valence-electron chi connectivity index (χ1n) is 7.30. The normalized spacial score (nSPS) is 21.6. The van der Waals surface area contributed by atoms with E-state index in [4.69, 9.17) is 5.73 Å². The number of carbonyl (C=O) groups excluding carboxylic acids is 1. The van der Waals surface area contributed by atoms with E-state index in [-0.39, 0.29) is 11.8 Å². The van der Waals surface area contributed by atoms with Crippen LogP contribution in [0.5, 0.6) is 0 Å². The van der Waals surface area contributed by atoms with Crippen LogP contribution in [-0.4, -0.2) is 41.7 Å². The highest BCUT2D eigenvalue weighted by atomic mass is 16.3. The van der Waals surface area contributed by atoms with Crippen molar-refractivity contribution in [3.05, 3.63) is 34.9 Å². The van der Waals surface area contributed by atoms with Gasteiger partial charge in [-0.1, -0.05) is 24.8 Å². The van der Waals surface area contributed by atoms with Gasteiger partial charge in [0.1, 0.15) is 0 Å². The number of aryl methyl sites for hydroxylation is 1. The Morgan fingerprint density at radius 2 is 2.29 bits per heavy atom. The highest BCUT2D eigenvalue weighted by Gasteiger charge is 2.28. The molecule has 1 heterocycles. The average molecular weight is 286 g/mol. The molecule has 0 saturated carbocycles. The molecule has 1 amide bonds. The molecule has 1 fully saturated rings. The van der Waals surface area contributed by atoms with Gasteiger partial charge in [0.05, 0.1) is 12.6 Å². The summed E-state index contributed by atoms with van der Waals surface area (Å²) in [5.74, 6) is 5.96. The molecule has 0 aromatic heterocycles. The minimum Gasteiger partial charge on any atom is -0.391 e. The van der Waals surface area contributed by atoms with E-state index >= 15 is 0 Å². The first-order valence-corrected chi connectivity index (χ1v) is 7.30. The maximum Gasteiger partial charge on any atom is 0.254 e. The van der Waals surface area contributed by atoms with Gasteiger partial charge in [0.15, 0.2) is 0 Å². The van der Waals surface area contributed by atoms with Gasteiger partial charge < -0.3 is 15.7 Å². The molecule has 1 aliphatic rings. The van der Waals surface area contributed by atoms with Crippen LogP contribution in [0.4, 0.5) is 0 Å². The van der Waals surface area contributed by atoms with Crippen LogP contribution in [0.2, 0.25) is 0 Å². The smallest absolute Gasteiger partial charge is 0.254 e. The Kier molecular flexibility index (Phi) is 5.00. The molecule has 21 heavy (non-hydrogen) atoms. The predicted molar refractivity (Wildman–Crippen MR) is 82.8 cm³/mol. The topological polar surface area (TPSA) is 66.6 Å². The number of nitrogens with two attached hydrogens (primary N) is 1. The first-order chi connectivity index (χ1) is 10.0. The lowest BCUT2D eigenvalue weighted by Gasteiger charge is -2.34. The SMILES string of the molecule is Cc1ccc(C#CCN)cc1C(=O)N1CCC(C)C(O)C1. The van der Waals surface area contributed by atoms with Crippen molar-refractivity contribution in [3.8, 4) is 11.8 Å². The second-order valence-electron chi connectivity index (χ2n) is 5.62. The Labute approximate surface area is 125 Å². The van der Waals surface area contributed by atoms with E-state index in [1.165, 1.54) is 0 Å². The van der Waals surface area contributed by atoms with Crippen LogP contribution >= 0.6 is 0 Å². The zero-order chi connectivity index (χ0) is 15.4. The van der Waals surface area contributed by atoms with Crippen molar-refractivity contribution >= 4 is 5.91 Å². The quantitative estimate of drug-likeness (QED) is 0.761. The summed E-state index contributed by atoms with van der Waals surface area (Å²) in [6.07, 6.45) is 0.391. The fraction of sp³-hybridized carbons (Fsp3) is 0.471. The summed E-state index contributed by atoms with van der Waals surface area (Å²) in [4.78, 5) is 14.4. The number of aliphatic hydroxyl groups excluding tert-OH is 1. The van der Waals surface area contributed by atoms with E-state index < -0.39 is 6.10 Å². The molecule has 2 atom stereocenters. The highest BCUT2D eigenvalue weighted by Crippen LogP contribution is 2.20. The van der Waals surface area contributed by atoms with Gasteiger partial charge in [-0.25, -0.2) is 0 Å². The largest absolute Gasteiger partial charge is 0.391 e. The van der Waals surface area contributed by atoms with Gasteiger partial charge in [0.25, 0.3) is 5.91 Å². The Morgan fingerprint density at radius 3 is 2.95 bits per heavy atom. The molecule has 3 N–H and O–H groups in total. The molecule has 112 valence electrons. The van der Waals surface area contributed by atoms with Crippen molar-refractivity contribution in [2.45, 2.75) is 26.4 Å². The lowest BCUT2D eigenvalue weighted by molar-refractivity contribution is 0.0248. The van der Waals surface area contributed by atoms with E-state index in [1.807, 2.05) is 32.0 Å². The van der Waals surface area contributed by atoms with E-state index in [0.717, 1.165) is 17.5 Å². The second-order valence-corrected chi connectivity index (χ2v) is 5.62. The molecule has 1 aliphatic heterocycles. The zero-order valence-corrected chi connectivity index (χ0v) is 12.6. The average Bonchev–Trinajstić information content (AvgIpc) is 2.48. The summed E-state index contributed by atoms with van der Waals surface area (Å²) >= 11 is 0. The van der Waals surface area contributed by atoms with Crippen molar-refractivity contribution in [2.75, 3.05) is 19.6 Å². The first kappa shape index (κ1) is 15.6. The minimum absolute atomic E-state index is 0.0325. The third-order valence-electron chi connectivity index (χ3n) is 4.01. The van der Waals surface area contributed by atoms with Gasteiger partial charge in [-0.05, 0) is 37.0 Å². The standard InChI is InChI=1S/C17H22N2O2/c1-12-5-6-14(4-3-8-18)10-15(12)17(21)19-9-7-13(2)16(20)11-19/h5-6,10,13,16,20H,7-9,11,18H2,1-2H3. The van der Waals surface area contributed by atoms with Crippen LogP contribution in [-0.2, 0) is 0 Å². The van der Waals surface area contributed by atoms with E-state index in [0.29, 0.717) is 25.2 Å². The number of hydrogen-bond donors (Lipinski definition) is 2. The summed E-state index contributed by atoms with van der Waals surface area (Å²) in [5.41, 5.74) is 7.74. The van der Waals surface area contributed by atoms with Gasteiger partial charge in [-0.15, -0.1) is 0 Å². The summed E-state index contributed by atoms with van der Waals surface area (Å²) < 4.78 is 0. The molecular weight excluding hydrogens is 264 g/mol. The van der Waals surface area contributed by atoms with Gasteiger partial charge in [-0.3, -0.25) is 4.79 Å². The second kappa shape index (κ2) is 6.75. The highest BCUT2D eigenvalue weighted by molar-refractivity contribution is 5.96. The fourth-order valence-electron chi connectivity index (χ4n) is 2.49. The number of hydrogen-bond acceptors (Lipinski definition) is 3. The molecule has 2 rings (SSSR count). The Morgan fingerprint density at radius 1 is 1.52 bits per heavy atom. The van der Waals surface area contributed by atoms with Gasteiger partial charge in [0.2, 0.25) is 0 Å². The minimum atomic E-state index is -0.441. The lowest BCUT2D eigenvalue weighted by Crippen LogP contribution is -2.46. The van der Waals surface area contributed by atoms with E-state index in [1.54, 1.807) is 4.90 Å². The number of piperidine rings is 1. The van der Waals surface area contributed by atoms with Crippen molar-refractivity contribution in [3.63, 3.8) is 0 Å². The Balaban J connectivity index is 2.22. The van der Waals surface area contributed by atoms with Crippen LogP contribution in [0.1, 0.15) is 34.8 Å². The van der Waals surface area contributed by atoms with Crippen LogP contribution in [0, 0.1) is 24.7 Å². The monoisotopic (exact) mass is 286 g/mol. The maximum atomic E-state index is 12.6. The van der Waals surface area contributed by atoms with E-state index in [2.05, 4.69) is 11.8 Å². The molecule has 1 aromatic carbocycles. The predicted octanol–water partition coefficient (Wildman–Crippen LogP) is 1.15. The van der Waals surface area contributed by atoms with Crippen LogP contribution < -0.4 is 5.73 Å². The maximum absolute atomic E-state index is 12.6. The summed E-state index contributed by atoms with van der Waals surface area (Å²) in [5, 5.41) is 9.95. The van der Waals surface area contributed by atoms with Crippen molar-refractivity contribution in [1.29, 1.82) is 0 Å². The molecule has 0 aliphatic carbocycles. The molecule has 4 nitrogen and oxygen atoms in total. The summed E-state index contributed by atoms with van der Waals surface area (Å²) in [6, 6.07) is 5.60. The van der Waals surface area contributed by atoms with Crippen molar-refractivity contribution in [2.24, 2.45) is 11.7 Å². The number of nitrogens with zero attached hydrogens (tertiary/aromatic N) is 1. The van der Waals surface area contributed by atoms with Gasteiger partial charge >= 0.3 is 0 Å². The Bertz CT molecular complexity index is 586. The van der Waals surface area contributed by atoms with Crippen LogP contribution in [0.15, 0.2) is 18.2 Å². The van der Waals surface area contributed by atoms with Crippen molar-refractivity contribution < 1.29 is 9.90 Å². The fourth-order valence-corrected chi connectivity index (χ4v) is 2.49. The van der Waals surface area contributed by atoms with Crippen LogP contribution in [0.25, 0.3) is 0 Å². The third kappa shape index (κ3) is 3.63. The van der Waals surface area contributed by atoms with Gasteiger partial charge in [0, 0.05) is 24.2 Å². The Hall–Kier alpha value is -1.83. The summed E-state index contributed by atoms with van der Waals surface area (Å²) in [7, 11) is 0. The number of amides is 1. The number of carbonyl (C=O) groups is 1. The number of rotatable bonds is 1. The van der Waals surface area contributed by atoms with Crippen LogP contribution in [0.3, 0.4) is 0 Å². The summed E-state index contributed by atoms with van der Waals surface area (Å²) in [6.45, 7) is 5.32. The van der Waals surface area contributed by atoms with Gasteiger partial charge in [-0.2, -0.15) is 0 Å². The third-order valence-corrected chi connectivity index (χ3v) is 4.01. The molecule has 1 saturated heterocycles. The lowest BCUT2D eigenvalue weighted by atomic mass is 9.95.